The fourth-order valence-corrected chi connectivity index (χ4v) is 4.04. The van der Waals surface area contributed by atoms with Crippen LogP contribution in [0.25, 0.3) is 0 Å². The molecule has 0 radical (unpaired) electrons. The third kappa shape index (κ3) is 4.94. The number of amides is 2. The first-order valence-corrected chi connectivity index (χ1v) is 10.9. The molecule has 2 heterocycles. The van der Waals surface area contributed by atoms with Crippen molar-refractivity contribution >= 4 is 23.5 Å². The van der Waals surface area contributed by atoms with Gasteiger partial charge in [-0.05, 0) is 43.5 Å². The van der Waals surface area contributed by atoms with Gasteiger partial charge in [-0.25, -0.2) is 9.18 Å². The Morgan fingerprint density at radius 1 is 1.29 bits per heavy atom. The number of primary amides is 1. The van der Waals surface area contributed by atoms with Crippen molar-refractivity contribution in [2.75, 3.05) is 25.0 Å². The summed E-state index contributed by atoms with van der Waals surface area (Å²) in [7, 11) is 0. The zero-order valence-electron chi connectivity index (χ0n) is 18.4. The molecule has 2 aliphatic rings. The van der Waals surface area contributed by atoms with E-state index in [1.807, 2.05) is 0 Å². The molecule has 1 saturated carbocycles. The molecule has 176 valence electrons. The van der Waals surface area contributed by atoms with Gasteiger partial charge in [0.05, 0.1) is 30.7 Å². The average molecular weight is 465 g/mol. The van der Waals surface area contributed by atoms with Crippen LogP contribution >= 0.6 is 0 Å². The van der Waals surface area contributed by atoms with Crippen LogP contribution in [0.2, 0.25) is 0 Å². The number of likely N-dealkylation sites (tertiary alicyclic amines) is 1. The first kappa shape index (κ1) is 23.1. The molecule has 11 heteroatoms. The van der Waals surface area contributed by atoms with Gasteiger partial charge in [-0.15, -0.1) is 0 Å². The van der Waals surface area contributed by atoms with Gasteiger partial charge in [-0.3, -0.25) is 9.48 Å². The molecule has 1 aliphatic heterocycles. The second-order valence-corrected chi connectivity index (χ2v) is 8.79. The average Bonchev–Trinajstić information content (AvgIpc) is 3.47. The van der Waals surface area contributed by atoms with Crippen molar-refractivity contribution in [2.24, 2.45) is 17.1 Å². The summed E-state index contributed by atoms with van der Waals surface area (Å²) >= 11 is 0. The molecule has 1 saturated heterocycles. The van der Waals surface area contributed by atoms with Gasteiger partial charge in [-0.2, -0.15) is 15.6 Å². The van der Waals surface area contributed by atoms with Gasteiger partial charge in [0.15, 0.2) is 5.82 Å². The van der Waals surface area contributed by atoms with Crippen LogP contribution in [0.1, 0.15) is 42.1 Å². The Labute approximate surface area is 195 Å². The number of nitrogens with two attached hydrogens (primary N) is 1. The van der Waals surface area contributed by atoms with Crippen molar-refractivity contribution in [1.82, 2.24) is 14.7 Å². The van der Waals surface area contributed by atoms with Crippen molar-refractivity contribution < 1.29 is 18.7 Å². The van der Waals surface area contributed by atoms with Crippen LogP contribution in [-0.2, 0) is 4.74 Å². The maximum atomic E-state index is 13.2. The third-order valence-electron chi connectivity index (χ3n) is 6.36. The van der Waals surface area contributed by atoms with Crippen LogP contribution in [0.3, 0.4) is 0 Å². The molecule has 2 aromatic rings. The molecule has 10 nitrogen and oxygen atoms in total. The van der Waals surface area contributed by atoms with E-state index in [-0.39, 0.29) is 29.9 Å². The molecule has 4 rings (SSSR count). The summed E-state index contributed by atoms with van der Waals surface area (Å²) in [4.78, 5) is 26.2. The summed E-state index contributed by atoms with van der Waals surface area (Å²) in [5.41, 5.74) is 5.91. The molecular weight excluding hydrogens is 441 g/mol. The summed E-state index contributed by atoms with van der Waals surface area (Å²) in [6.07, 6.45) is 3.43. The Balaban J connectivity index is 1.51. The fraction of sp³-hybridized carbons (Fsp3) is 0.435. The number of anilines is 2. The van der Waals surface area contributed by atoms with Crippen LogP contribution in [0, 0.1) is 39.8 Å². The van der Waals surface area contributed by atoms with Gasteiger partial charge in [0, 0.05) is 36.8 Å². The molecule has 2 atom stereocenters. The van der Waals surface area contributed by atoms with E-state index in [1.165, 1.54) is 40.0 Å². The monoisotopic (exact) mass is 465 g/mol. The standard InChI is InChI=1S/C23H24FN7O3/c24-16-1-3-17(4-2-16)28-21-18(20(27)32)12-31(29-21)19-13-30(10-5-15(19)11-26)22(33)34-14-23(6-7-23)8-9-25/h1-4,12,15,19H,5-8,10,13-14H2,(H2,27,32)(H,28,29). The molecule has 34 heavy (non-hydrogen) atoms. The van der Waals surface area contributed by atoms with Crippen LogP contribution in [0.5, 0.6) is 0 Å². The zero-order chi connectivity index (χ0) is 24.3. The van der Waals surface area contributed by atoms with E-state index in [0.717, 1.165) is 12.8 Å². The Bertz CT molecular complexity index is 1160. The van der Waals surface area contributed by atoms with Gasteiger partial charge >= 0.3 is 6.09 Å². The minimum atomic E-state index is -0.719. The summed E-state index contributed by atoms with van der Waals surface area (Å²) in [6.45, 7) is 0.711. The SMILES string of the molecule is N#CCC1(COC(=O)N2CCC(C#N)C(n3cc(C(N)=O)c(Nc4ccc(F)cc4)n3)C2)CC1. The van der Waals surface area contributed by atoms with E-state index in [9.17, 15) is 19.2 Å². The molecule has 2 amide bonds. The highest BCUT2D eigenvalue weighted by Gasteiger charge is 2.44. The number of carbonyl (C=O) groups excluding carboxylic acids is 2. The van der Waals surface area contributed by atoms with E-state index in [4.69, 9.17) is 15.7 Å². The number of nitriles is 2. The minimum Gasteiger partial charge on any atom is -0.449 e. The summed E-state index contributed by atoms with van der Waals surface area (Å²) in [5, 5.41) is 26.0. The van der Waals surface area contributed by atoms with Crippen molar-refractivity contribution in [2.45, 2.75) is 31.7 Å². The van der Waals surface area contributed by atoms with Crippen LogP contribution < -0.4 is 11.1 Å². The largest absolute Gasteiger partial charge is 0.449 e. The van der Waals surface area contributed by atoms with Gasteiger partial charge in [-0.1, -0.05) is 0 Å². The number of piperidine rings is 1. The van der Waals surface area contributed by atoms with Gasteiger partial charge in [0.25, 0.3) is 5.91 Å². The minimum absolute atomic E-state index is 0.105. The molecule has 1 aliphatic carbocycles. The lowest BCUT2D eigenvalue weighted by molar-refractivity contribution is 0.0624. The maximum absolute atomic E-state index is 13.2. The van der Waals surface area contributed by atoms with E-state index >= 15 is 0 Å². The first-order chi connectivity index (χ1) is 16.3. The lowest BCUT2D eigenvalue weighted by atomic mass is 9.93. The number of rotatable bonds is 7. The molecule has 1 aromatic heterocycles. The quantitative estimate of drug-likeness (QED) is 0.638. The predicted octanol–water partition coefficient (Wildman–Crippen LogP) is 3.08. The predicted molar refractivity (Wildman–Crippen MR) is 118 cm³/mol. The topological polar surface area (TPSA) is 150 Å². The molecule has 2 unspecified atom stereocenters. The third-order valence-corrected chi connectivity index (χ3v) is 6.36. The molecular formula is C23H24FN7O3. The van der Waals surface area contributed by atoms with Crippen molar-refractivity contribution in [3.8, 4) is 12.1 Å². The fourth-order valence-electron chi connectivity index (χ4n) is 4.04. The number of ether oxygens (including phenoxy) is 1. The summed E-state index contributed by atoms with van der Waals surface area (Å²) in [6, 6.07) is 9.39. The van der Waals surface area contributed by atoms with Crippen molar-refractivity contribution in [1.29, 1.82) is 10.5 Å². The summed E-state index contributed by atoms with van der Waals surface area (Å²) < 4.78 is 20.2. The highest BCUT2D eigenvalue weighted by atomic mass is 19.1. The van der Waals surface area contributed by atoms with Crippen molar-refractivity contribution in [3.05, 3.63) is 41.8 Å². The lowest BCUT2D eigenvalue weighted by Crippen LogP contribution is -2.45. The number of benzene rings is 1. The van der Waals surface area contributed by atoms with Gasteiger partial charge in [0.1, 0.15) is 11.4 Å². The van der Waals surface area contributed by atoms with Crippen LogP contribution in [0.15, 0.2) is 30.5 Å². The number of carbonyl (C=O) groups is 2. The smallest absolute Gasteiger partial charge is 0.409 e. The normalized spacial score (nSPS) is 20.6. The highest BCUT2D eigenvalue weighted by Crippen LogP contribution is 2.48. The Hall–Kier alpha value is -4.12. The van der Waals surface area contributed by atoms with Crippen LogP contribution in [0.4, 0.5) is 20.7 Å². The number of halogens is 1. The molecule has 1 aromatic carbocycles. The number of hydrogen-bond donors (Lipinski definition) is 2. The number of aromatic nitrogens is 2. The van der Waals surface area contributed by atoms with E-state index in [1.54, 1.807) is 0 Å². The second-order valence-electron chi connectivity index (χ2n) is 8.79. The lowest BCUT2D eigenvalue weighted by Gasteiger charge is -2.35. The van der Waals surface area contributed by atoms with Gasteiger partial charge in [0.2, 0.25) is 0 Å². The van der Waals surface area contributed by atoms with Gasteiger partial charge < -0.3 is 20.7 Å². The zero-order valence-corrected chi connectivity index (χ0v) is 18.4. The Kier molecular flexibility index (Phi) is 6.37. The molecule has 0 bridgehead atoms. The highest BCUT2D eigenvalue weighted by molar-refractivity contribution is 5.98. The molecule has 0 spiro atoms. The first-order valence-electron chi connectivity index (χ1n) is 10.9. The van der Waals surface area contributed by atoms with E-state index < -0.39 is 29.8 Å². The van der Waals surface area contributed by atoms with E-state index in [2.05, 4.69) is 22.6 Å². The Morgan fingerprint density at radius 2 is 2.03 bits per heavy atom. The number of nitrogens with one attached hydrogen (secondary N) is 1. The number of hydrogen-bond acceptors (Lipinski definition) is 7. The maximum Gasteiger partial charge on any atom is 0.409 e. The number of nitrogens with zero attached hydrogens (tertiary/aromatic N) is 5. The molecule has 3 N–H and O–H groups in total. The Morgan fingerprint density at radius 3 is 2.65 bits per heavy atom. The second kappa shape index (κ2) is 9.40. The summed E-state index contributed by atoms with van der Waals surface area (Å²) in [5.74, 6) is -1.40. The van der Waals surface area contributed by atoms with Crippen LogP contribution in [-0.4, -0.2) is 46.4 Å². The van der Waals surface area contributed by atoms with E-state index in [0.29, 0.717) is 25.1 Å². The van der Waals surface area contributed by atoms with Crippen molar-refractivity contribution in [3.63, 3.8) is 0 Å². The molecule has 2 fully saturated rings.